The second kappa shape index (κ2) is 6.35. The van der Waals surface area contributed by atoms with Crippen molar-refractivity contribution in [3.63, 3.8) is 0 Å². The van der Waals surface area contributed by atoms with Crippen LogP contribution in [0.5, 0.6) is 0 Å². The average molecular weight is 311 g/mol. The van der Waals surface area contributed by atoms with E-state index in [9.17, 15) is 10.1 Å². The average Bonchev–Trinajstić information content (AvgIpc) is 2.93. The van der Waals surface area contributed by atoms with Crippen LogP contribution in [0.15, 0.2) is 30.3 Å². The van der Waals surface area contributed by atoms with E-state index >= 15 is 0 Å². The highest BCUT2D eigenvalue weighted by molar-refractivity contribution is 5.89. The fourth-order valence-electron chi connectivity index (χ4n) is 4.99. The van der Waals surface area contributed by atoms with Crippen molar-refractivity contribution in [2.45, 2.75) is 52.1 Å². The first-order valence-electron chi connectivity index (χ1n) is 8.72. The highest BCUT2D eigenvalue weighted by atomic mass is 16.5. The largest absolute Gasteiger partial charge is 0.458 e. The van der Waals surface area contributed by atoms with Crippen molar-refractivity contribution in [3.05, 3.63) is 35.9 Å². The Bertz CT molecular complexity index is 606. The molecule has 1 aromatic rings. The normalized spacial score (nSPS) is 34.2. The fourth-order valence-corrected chi connectivity index (χ4v) is 4.99. The summed E-state index contributed by atoms with van der Waals surface area (Å²) in [5.74, 6) is 0.686. The molecule has 1 aromatic carbocycles. The van der Waals surface area contributed by atoms with Crippen LogP contribution in [0.4, 0.5) is 0 Å². The molecule has 5 unspecified atom stereocenters. The summed E-state index contributed by atoms with van der Waals surface area (Å²) in [5.41, 5.74) is 0.759. The van der Waals surface area contributed by atoms with Gasteiger partial charge in [0.1, 0.15) is 6.10 Å². The molecule has 5 atom stereocenters. The Kier molecular flexibility index (Phi) is 4.43. The number of hydrogen-bond acceptors (Lipinski definition) is 3. The first kappa shape index (κ1) is 16.1. The van der Waals surface area contributed by atoms with Gasteiger partial charge in [0.2, 0.25) is 0 Å². The van der Waals surface area contributed by atoms with Crippen molar-refractivity contribution in [1.82, 2.24) is 0 Å². The van der Waals surface area contributed by atoms with Crippen LogP contribution < -0.4 is 0 Å². The molecule has 2 aliphatic rings. The van der Waals surface area contributed by atoms with E-state index in [-0.39, 0.29) is 23.4 Å². The number of hydrogen-bond donors (Lipinski definition) is 0. The first-order chi connectivity index (χ1) is 11.1. The van der Waals surface area contributed by atoms with Gasteiger partial charge in [-0.2, -0.15) is 5.26 Å². The summed E-state index contributed by atoms with van der Waals surface area (Å²) < 4.78 is 5.90. The Hall–Kier alpha value is -1.82. The second-order valence-electron chi connectivity index (χ2n) is 7.42. The van der Waals surface area contributed by atoms with Crippen molar-refractivity contribution in [1.29, 1.82) is 5.26 Å². The number of carbonyl (C=O) groups is 1. The zero-order chi connectivity index (χ0) is 16.4. The number of esters is 1. The van der Waals surface area contributed by atoms with E-state index in [4.69, 9.17) is 4.74 Å². The SMILES string of the molecule is CC(C#N)C1CCC2C(OC(=O)c3ccccc3)CCCC12C. The van der Waals surface area contributed by atoms with Crippen LogP contribution in [-0.2, 0) is 4.74 Å². The standard InChI is InChI=1S/C20H25NO2/c1-14(13-21)16-10-11-17-18(9-6-12-20(16,17)2)23-19(22)15-7-4-3-5-8-15/h3-5,7-8,14,16-18H,6,9-12H2,1-2H3. The number of nitriles is 1. The van der Waals surface area contributed by atoms with Gasteiger partial charge in [-0.25, -0.2) is 4.79 Å². The summed E-state index contributed by atoms with van der Waals surface area (Å²) in [6.07, 6.45) is 5.32. The minimum absolute atomic E-state index is 0.00245. The first-order valence-corrected chi connectivity index (χ1v) is 8.72. The van der Waals surface area contributed by atoms with Gasteiger partial charge in [-0.15, -0.1) is 0 Å². The number of fused-ring (bicyclic) bond motifs is 1. The molecular weight excluding hydrogens is 286 g/mol. The minimum Gasteiger partial charge on any atom is -0.458 e. The molecule has 0 bridgehead atoms. The molecule has 23 heavy (non-hydrogen) atoms. The summed E-state index contributed by atoms with van der Waals surface area (Å²) in [6.45, 7) is 4.35. The lowest BCUT2D eigenvalue weighted by Crippen LogP contribution is -2.43. The second-order valence-corrected chi connectivity index (χ2v) is 7.42. The Morgan fingerprint density at radius 2 is 2.04 bits per heavy atom. The molecule has 0 spiro atoms. The topological polar surface area (TPSA) is 50.1 Å². The van der Waals surface area contributed by atoms with Crippen LogP contribution in [0.3, 0.4) is 0 Å². The van der Waals surface area contributed by atoms with Crippen LogP contribution in [-0.4, -0.2) is 12.1 Å². The van der Waals surface area contributed by atoms with E-state index in [1.165, 1.54) is 0 Å². The van der Waals surface area contributed by atoms with Gasteiger partial charge in [0.25, 0.3) is 0 Å². The van der Waals surface area contributed by atoms with Crippen molar-refractivity contribution in [2.75, 3.05) is 0 Å². The summed E-state index contributed by atoms with van der Waals surface area (Å²) in [5, 5.41) is 9.32. The Morgan fingerprint density at radius 3 is 2.74 bits per heavy atom. The fraction of sp³-hybridized carbons (Fsp3) is 0.600. The van der Waals surface area contributed by atoms with E-state index in [1.807, 2.05) is 25.1 Å². The van der Waals surface area contributed by atoms with Crippen molar-refractivity contribution >= 4 is 5.97 Å². The molecule has 0 radical (unpaired) electrons. The highest BCUT2D eigenvalue weighted by Crippen LogP contribution is 2.58. The number of benzene rings is 1. The van der Waals surface area contributed by atoms with Crippen molar-refractivity contribution in [3.8, 4) is 6.07 Å². The van der Waals surface area contributed by atoms with Crippen LogP contribution in [0, 0.1) is 34.5 Å². The Balaban J connectivity index is 1.75. The molecule has 3 rings (SSSR count). The molecule has 3 nitrogen and oxygen atoms in total. The van der Waals surface area contributed by atoms with Crippen LogP contribution in [0.1, 0.15) is 56.3 Å². The molecule has 0 aliphatic heterocycles. The monoisotopic (exact) mass is 311 g/mol. The summed E-state index contributed by atoms with van der Waals surface area (Å²) in [6, 6.07) is 11.7. The van der Waals surface area contributed by atoms with Gasteiger partial charge in [-0.05, 0) is 62.5 Å². The summed E-state index contributed by atoms with van der Waals surface area (Å²) in [4.78, 5) is 12.4. The molecule has 122 valence electrons. The lowest BCUT2D eigenvalue weighted by Gasteiger charge is -2.45. The van der Waals surface area contributed by atoms with E-state index < -0.39 is 0 Å². The van der Waals surface area contributed by atoms with Crippen molar-refractivity contribution < 1.29 is 9.53 Å². The molecule has 0 saturated heterocycles. The predicted molar refractivity (Wildman–Crippen MR) is 88.6 cm³/mol. The van der Waals surface area contributed by atoms with Gasteiger partial charge < -0.3 is 4.74 Å². The van der Waals surface area contributed by atoms with E-state index in [0.717, 1.165) is 32.1 Å². The zero-order valence-corrected chi connectivity index (χ0v) is 14.0. The molecule has 0 N–H and O–H groups in total. The Morgan fingerprint density at radius 1 is 1.30 bits per heavy atom. The highest BCUT2D eigenvalue weighted by Gasteiger charge is 2.53. The zero-order valence-electron chi connectivity index (χ0n) is 14.0. The minimum atomic E-state index is -0.211. The molecule has 2 saturated carbocycles. The molecule has 2 fully saturated rings. The summed E-state index contributed by atoms with van der Waals surface area (Å²) >= 11 is 0. The molecule has 2 aliphatic carbocycles. The van der Waals surface area contributed by atoms with Crippen LogP contribution >= 0.6 is 0 Å². The molecule has 3 heteroatoms. The maximum atomic E-state index is 12.4. The molecule has 0 heterocycles. The number of carbonyl (C=O) groups excluding carboxylic acids is 1. The van der Waals surface area contributed by atoms with Crippen molar-refractivity contribution in [2.24, 2.45) is 23.2 Å². The van der Waals surface area contributed by atoms with Gasteiger partial charge in [0.05, 0.1) is 11.6 Å². The maximum absolute atomic E-state index is 12.4. The van der Waals surface area contributed by atoms with Gasteiger partial charge in [0.15, 0.2) is 0 Å². The Labute approximate surface area is 138 Å². The third-order valence-corrected chi connectivity index (χ3v) is 6.21. The van der Waals surface area contributed by atoms with Crippen LogP contribution in [0.25, 0.3) is 0 Å². The lowest BCUT2D eigenvalue weighted by atomic mass is 9.62. The number of nitrogens with zero attached hydrogens (tertiary/aromatic N) is 1. The van der Waals surface area contributed by atoms with Gasteiger partial charge >= 0.3 is 5.97 Å². The smallest absolute Gasteiger partial charge is 0.338 e. The molecule has 0 aromatic heterocycles. The van der Waals surface area contributed by atoms with Gasteiger partial charge in [-0.1, -0.05) is 25.1 Å². The van der Waals surface area contributed by atoms with E-state index in [0.29, 0.717) is 17.4 Å². The third-order valence-electron chi connectivity index (χ3n) is 6.21. The number of ether oxygens (including phenoxy) is 1. The quantitative estimate of drug-likeness (QED) is 0.767. The summed E-state index contributed by atoms with van der Waals surface area (Å²) in [7, 11) is 0. The lowest BCUT2D eigenvalue weighted by molar-refractivity contribution is -0.0441. The predicted octanol–water partition coefficient (Wildman–Crippen LogP) is 4.59. The van der Waals surface area contributed by atoms with Gasteiger partial charge in [-0.3, -0.25) is 0 Å². The number of rotatable bonds is 3. The van der Waals surface area contributed by atoms with Crippen LogP contribution in [0.2, 0.25) is 0 Å². The molecular formula is C20H25NO2. The third kappa shape index (κ3) is 2.87. The van der Waals surface area contributed by atoms with Gasteiger partial charge in [0, 0.05) is 11.8 Å². The van der Waals surface area contributed by atoms with E-state index in [2.05, 4.69) is 13.0 Å². The molecule has 0 amide bonds. The maximum Gasteiger partial charge on any atom is 0.338 e. The van der Waals surface area contributed by atoms with E-state index in [1.54, 1.807) is 12.1 Å².